The molecule has 0 aromatic heterocycles. The molecule has 0 fully saturated rings. The number of hydrogen-bond acceptors (Lipinski definition) is 3. The largest absolute Gasteiger partial charge is 0.380 e. The molecule has 0 aliphatic rings. The Kier molecular flexibility index (Phi) is 8.14. The van der Waals surface area contributed by atoms with Gasteiger partial charge in [-0.3, -0.25) is 0 Å². The second-order valence-corrected chi connectivity index (χ2v) is 3.88. The molecule has 3 heteroatoms. The van der Waals surface area contributed by atoms with Crippen LogP contribution < -0.4 is 5.32 Å². The van der Waals surface area contributed by atoms with Gasteiger partial charge >= 0.3 is 0 Å². The fraction of sp³-hybridized carbons (Fsp3) is 1.00. The molecule has 0 bridgehead atoms. The first-order valence-corrected chi connectivity index (χ1v) is 5.49. The van der Waals surface area contributed by atoms with E-state index in [2.05, 4.69) is 19.2 Å². The summed E-state index contributed by atoms with van der Waals surface area (Å²) < 4.78 is 10.9. The molecular formula is C11H25NO2. The molecule has 0 aromatic rings. The molecule has 0 saturated carbocycles. The Bertz CT molecular complexity index is 128. The van der Waals surface area contributed by atoms with Gasteiger partial charge in [0.05, 0.1) is 24.9 Å². The van der Waals surface area contributed by atoms with Gasteiger partial charge in [-0.05, 0) is 33.7 Å². The second-order valence-electron chi connectivity index (χ2n) is 3.88. The van der Waals surface area contributed by atoms with Gasteiger partial charge in [0.2, 0.25) is 0 Å². The predicted molar refractivity (Wildman–Crippen MR) is 59.6 cm³/mol. The molecule has 0 saturated heterocycles. The van der Waals surface area contributed by atoms with E-state index >= 15 is 0 Å². The van der Waals surface area contributed by atoms with Crippen molar-refractivity contribution in [1.29, 1.82) is 0 Å². The lowest BCUT2D eigenvalue weighted by molar-refractivity contribution is 0.00908. The Morgan fingerprint density at radius 2 is 1.86 bits per heavy atom. The standard InChI is InChI=1S/C11H25NO2/c1-6-7-12-11(10(4)13-5)8-14-9(2)3/h9-12H,6-8H2,1-5H3. The minimum absolute atomic E-state index is 0.195. The summed E-state index contributed by atoms with van der Waals surface area (Å²) in [5, 5.41) is 3.43. The fourth-order valence-corrected chi connectivity index (χ4v) is 1.15. The number of nitrogens with one attached hydrogen (secondary N) is 1. The van der Waals surface area contributed by atoms with Crippen molar-refractivity contribution in [2.75, 3.05) is 20.3 Å². The monoisotopic (exact) mass is 203 g/mol. The maximum Gasteiger partial charge on any atom is 0.0718 e. The molecule has 1 N–H and O–H groups in total. The summed E-state index contributed by atoms with van der Waals surface area (Å²) in [5.74, 6) is 0. The summed E-state index contributed by atoms with van der Waals surface area (Å²) in [6.07, 6.45) is 1.61. The molecule has 0 spiro atoms. The zero-order valence-electron chi connectivity index (χ0n) is 10.2. The Morgan fingerprint density at radius 3 is 2.29 bits per heavy atom. The van der Waals surface area contributed by atoms with Gasteiger partial charge in [-0.25, -0.2) is 0 Å². The van der Waals surface area contributed by atoms with Crippen LogP contribution in [0.3, 0.4) is 0 Å². The van der Waals surface area contributed by atoms with E-state index in [9.17, 15) is 0 Å². The van der Waals surface area contributed by atoms with E-state index in [0.717, 1.165) is 13.0 Å². The van der Waals surface area contributed by atoms with Gasteiger partial charge in [0.1, 0.15) is 0 Å². The van der Waals surface area contributed by atoms with E-state index in [-0.39, 0.29) is 12.2 Å². The van der Waals surface area contributed by atoms with Crippen LogP contribution in [-0.2, 0) is 9.47 Å². The maximum absolute atomic E-state index is 5.58. The first-order valence-electron chi connectivity index (χ1n) is 5.49. The molecule has 0 amide bonds. The highest BCUT2D eigenvalue weighted by molar-refractivity contribution is 4.73. The summed E-state index contributed by atoms with van der Waals surface area (Å²) in [6.45, 7) is 10.1. The van der Waals surface area contributed by atoms with Crippen LogP contribution in [0.15, 0.2) is 0 Å². The summed E-state index contributed by atoms with van der Waals surface area (Å²) >= 11 is 0. The molecule has 0 aliphatic carbocycles. The summed E-state index contributed by atoms with van der Waals surface area (Å²) in [4.78, 5) is 0. The van der Waals surface area contributed by atoms with E-state index in [4.69, 9.17) is 9.47 Å². The van der Waals surface area contributed by atoms with Crippen molar-refractivity contribution in [2.45, 2.75) is 52.4 Å². The maximum atomic E-state index is 5.58. The van der Waals surface area contributed by atoms with E-state index in [1.54, 1.807) is 7.11 Å². The minimum Gasteiger partial charge on any atom is -0.380 e. The Morgan fingerprint density at radius 1 is 1.21 bits per heavy atom. The van der Waals surface area contributed by atoms with Gasteiger partial charge in [0, 0.05) is 7.11 Å². The third-order valence-electron chi connectivity index (χ3n) is 2.20. The van der Waals surface area contributed by atoms with Crippen LogP contribution in [0.1, 0.15) is 34.1 Å². The highest BCUT2D eigenvalue weighted by atomic mass is 16.5. The molecule has 86 valence electrons. The third kappa shape index (κ3) is 6.35. The van der Waals surface area contributed by atoms with Gasteiger partial charge in [0.25, 0.3) is 0 Å². The van der Waals surface area contributed by atoms with Gasteiger partial charge in [-0.15, -0.1) is 0 Å². The lowest BCUT2D eigenvalue weighted by Gasteiger charge is -2.24. The van der Waals surface area contributed by atoms with Crippen LogP contribution in [0.4, 0.5) is 0 Å². The minimum atomic E-state index is 0.195. The molecule has 2 atom stereocenters. The second kappa shape index (κ2) is 8.21. The number of hydrogen-bond donors (Lipinski definition) is 1. The van der Waals surface area contributed by atoms with Crippen LogP contribution in [0.25, 0.3) is 0 Å². The number of methoxy groups -OCH3 is 1. The van der Waals surface area contributed by atoms with Crippen LogP contribution in [0.5, 0.6) is 0 Å². The fourth-order valence-electron chi connectivity index (χ4n) is 1.15. The Labute approximate surface area is 88.2 Å². The Hall–Kier alpha value is -0.120. The highest BCUT2D eigenvalue weighted by Gasteiger charge is 2.16. The van der Waals surface area contributed by atoms with Gasteiger partial charge in [-0.1, -0.05) is 6.92 Å². The molecular weight excluding hydrogens is 178 g/mol. The van der Waals surface area contributed by atoms with Crippen LogP contribution >= 0.6 is 0 Å². The molecule has 2 unspecified atom stereocenters. The van der Waals surface area contributed by atoms with Crippen molar-refractivity contribution >= 4 is 0 Å². The normalized spacial score (nSPS) is 15.9. The summed E-state index contributed by atoms with van der Waals surface area (Å²) in [5.41, 5.74) is 0. The van der Waals surface area contributed by atoms with Crippen molar-refractivity contribution in [1.82, 2.24) is 5.32 Å². The average Bonchev–Trinajstić information content (AvgIpc) is 2.16. The van der Waals surface area contributed by atoms with Crippen molar-refractivity contribution in [2.24, 2.45) is 0 Å². The zero-order chi connectivity index (χ0) is 11.0. The molecule has 0 heterocycles. The smallest absolute Gasteiger partial charge is 0.0718 e. The summed E-state index contributed by atoms with van der Waals surface area (Å²) in [7, 11) is 1.74. The molecule has 14 heavy (non-hydrogen) atoms. The highest BCUT2D eigenvalue weighted by Crippen LogP contribution is 2.00. The average molecular weight is 203 g/mol. The van der Waals surface area contributed by atoms with E-state index in [1.165, 1.54) is 0 Å². The van der Waals surface area contributed by atoms with Crippen molar-refractivity contribution in [3.63, 3.8) is 0 Å². The number of rotatable bonds is 8. The Balaban J connectivity index is 3.84. The topological polar surface area (TPSA) is 30.5 Å². The van der Waals surface area contributed by atoms with Crippen molar-refractivity contribution < 1.29 is 9.47 Å². The molecule has 0 rings (SSSR count). The van der Waals surface area contributed by atoms with Crippen LogP contribution in [0.2, 0.25) is 0 Å². The first kappa shape index (κ1) is 13.9. The summed E-state index contributed by atoms with van der Waals surface area (Å²) in [6, 6.07) is 0.294. The van der Waals surface area contributed by atoms with Crippen molar-refractivity contribution in [3.8, 4) is 0 Å². The SMILES string of the molecule is CCCNC(COC(C)C)C(C)OC. The predicted octanol–water partition coefficient (Wildman–Crippen LogP) is 1.81. The molecule has 0 aromatic carbocycles. The third-order valence-corrected chi connectivity index (χ3v) is 2.20. The van der Waals surface area contributed by atoms with E-state index in [1.807, 2.05) is 13.8 Å². The molecule has 0 radical (unpaired) electrons. The first-order chi connectivity index (χ1) is 6.61. The van der Waals surface area contributed by atoms with Crippen LogP contribution in [-0.4, -0.2) is 38.5 Å². The lowest BCUT2D eigenvalue weighted by atomic mass is 10.2. The molecule has 0 aliphatic heterocycles. The zero-order valence-corrected chi connectivity index (χ0v) is 10.2. The van der Waals surface area contributed by atoms with Crippen molar-refractivity contribution in [3.05, 3.63) is 0 Å². The van der Waals surface area contributed by atoms with Crippen LogP contribution in [0, 0.1) is 0 Å². The quantitative estimate of drug-likeness (QED) is 0.652. The number of ether oxygens (including phenoxy) is 2. The lowest BCUT2D eigenvalue weighted by Crippen LogP contribution is -2.43. The van der Waals surface area contributed by atoms with E-state index < -0.39 is 0 Å². The van der Waals surface area contributed by atoms with Gasteiger partial charge in [-0.2, -0.15) is 0 Å². The van der Waals surface area contributed by atoms with E-state index in [0.29, 0.717) is 12.6 Å². The van der Waals surface area contributed by atoms with Gasteiger partial charge in [0.15, 0.2) is 0 Å². The van der Waals surface area contributed by atoms with Gasteiger partial charge < -0.3 is 14.8 Å². The molecule has 3 nitrogen and oxygen atoms in total.